The van der Waals surface area contributed by atoms with E-state index in [1.807, 2.05) is 6.07 Å². The summed E-state index contributed by atoms with van der Waals surface area (Å²) < 4.78 is 44.7. The van der Waals surface area contributed by atoms with Crippen LogP contribution in [-0.2, 0) is 9.53 Å². The highest BCUT2D eigenvalue weighted by atomic mass is 35.5. The molecule has 1 spiro atoms. The Kier molecular flexibility index (Phi) is 9.62. The molecule has 7 nitrogen and oxygen atoms in total. The molecule has 4 heterocycles. The van der Waals surface area contributed by atoms with E-state index in [0.29, 0.717) is 24.4 Å². The van der Waals surface area contributed by atoms with Crippen molar-refractivity contribution in [2.24, 2.45) is 5.92 Å². The van der Waals surface area contributed by atoms with E-state index >= 15 is 0 Å². The number of carbonyl (C=O) groups is 2. The van der Waals surface area contributed by atoms with Crippen LogP contribution >= 0.6 is 12.4 Å². The number of benzene rings is 1. The Bertz CT molecular complexity index is 1010. The van der Waals surface area contributed by atoms with E-state index in [4.69, 9.17) is 4.74 Å². The number of hydrogen-bond acceptors (Lipinski definition) is 4. The van der Waals surface area contributed by atoms with Gasteiger partial charge in [0.25, 0.3) is 0 Å². The Morgan fingerprint density at radius 1 is 1.07 bits per heavy atom. The normalized spacial score (nSPS) is 28.3. The molecule has 224 valence electrons. The SMILES string of the molecule is CC(C)N1C(=O)N(CC2CCOCC2)CC12CC1CCC(C2)N1CC[C@H](NC(=O)C(F)(F)F)c1ccccc1.Cl. The topological polar surface area (TPSA) is 65.1 Å². The Hall–Kier alpha value is -2.04. The Balaban J connectivity index is 0.00000370. The molecule has 3 amide bonds. The molecule has 2 unspecified atom stereocenters. The molecule has 3 atom stereocenters. The molecule has 4 saturated heterocycles. The van der Waals surface area contributed by atoms with Crippen LogP contribution in [0.4, 0.5) is 18.0 Å². The minimum Gasteiger partial charge on any atom is -0.381 e. The third-order valence-electron chi connectivity index (χ3n) is 9.25. The fourth-order valence-electron chi connectivity index (χ4n) is 7.64. The van der Waals surface area contributed by atoms with Crippen LogP contribution in [0.2, 0.25) is 0 Å². The highest BCUT2D eigenvalue weighted by Crippen LogP contribution is 2.48. The van der Waals surface area contributed by atoms with Crippen LogP contribution in [0.5, 0.6) is 0 Å². The lowest BCUT2D eigenvalue weighted by atomic mass is 9.81. The van der Waals surface area contributed by atoms with Gasteiger partial charge in [-0.3, -0.25) is 9.69 Å². The van der Waals surface area contributed by atoms with Crippen molar-refractivity contribution in [2.75, 3.05) is 32.8 Å². The van der Waals surface area contributed by atoms with E-state index in [-0.39, 0.29) is 42.1 Å². The van der Waals surface area contributed by atoms with Crippen LogP contribution in [0.3, 0.4) is 0 Å². The lowest BCUT2D eigenvalue weighted by molar-refractivity contribution is -0.174. The number of nitrogens with one attached hydrogen (secondary N) is 1. The van der Waals surface area contributed by atoms with Crippen molar-refractivity contribution in [3.8, 4) is 0 Å². The largest absolute Gasteiger partial charge is 0.471 e. The van der Waals surface area contributed by atoms with Gasteiger partial charge < -0.3 is 19.9 Å². The number of fused-ring (bicyclic) bond motifs is 2. The number of rotatable bonds is 8. The summed E-state index contributed by atoms with van der Waals surface area (Å²) in [6.07, 6.45) is 1.26. The molecular weight excluding hydrogens is 545 g/mol. The maximum Gasteiger partial charge on any atom is 0.471 e. The van der Waals surface area contributed by atoms with Gasteiger partial charge in [0.15, 0.2) is 0 Å². The molecule has 0 aliphatic carbocycles. The van der Waals surface area contributed by atoms with Crippen molar-refractivity contribution in [2.45, 2.75) is 94.7 Å². The maximum absolute atomic E-state index is 13.6. The number of ether oxygens (including phenoxy) is 1. The molecule has 4 aliphatic heterocycles. The second-order valence-electron chi connectivity index (χ2n) is 12.2. The molecule has 11 heteroatoms. The first kappa shape index (κ1) is 30.9. The van der Waals surface area contributed by atoms with Crippen LogP contribution in [-0.4, -0.2) is 89.3 Å². The molecule has 5 rings (SSSR count). The minimum absolute atomic E-state index is 0. The summed E-state index contributed by atoms with van der Waals surface area (Å²) in [4.78, 5) is 32.1. The summed E-state index contributed by atoms with van der Waals surface area (Å²) in [5.41, 5.74) is 0.467. The second-order valence-corrected chi connectivity index (χ2v) is 12.2. The predicted octanol–water partition coefficient (Wildman–Crippen LogP) is 5.16. The maximum atomic E-state index is 13.6. The van der Waals surface area contributed by atoms with Crippen molar-refractivity contribution in [3.63, 3.8) is 0 Å². The molecule has 0 saturated carbocycles. The van der Waals surface area contributed by atoms with Crippen molar-refractivity contribution in [1.82, 2.24) is 20.0 Å². The summed E-state index contributed by atoms with van der Waals surface area (Å²) in [6.45, 7) is 7.85. The zero-order valence-electron chi connectivity index (χ0n) is 23.4. The second kappa shape index (κ2) is 12.4. The van der Waals surface area contributed by atoms with E-state index < -0.39 is 18.1 Å². The first-order valence-electron chi connectivity index (χ1n) is 14.4. The molecular formula is C29H42ClF3N4O3. The predicted molar refractivity (Wildman–Crippen MR) is 148 cm³/mol. The van der Waals surface area contributed by atoms with Gasteiger partial charge in [-0.15, -0.1) is 12.4 Å². The van der Waals surface area contributed by atoms with Crippen molar-refractivity contribution in [3.05, 3.63) is 35.9 Å². The van der Waals surface area contributed by atoms with Crippen LogP contribution in [0.1, 0.15) is 70.4 Å². The zero-order valence-corrected chi connectivity index (χ0v) is 24.2. The molecule has 1 N–H and O–H groups in total. The van der Waals surface area contributed by atoms with E-state index in [9.17, 15) is 22.8 Å². The lowest BCUT2D eigenvalue weighted by Crippen LogP contribution is -2.60. The number of piperidine rings is 1. The van der Waals surface area contributed by atoms with Gasteiger partial charge in [-0.25, -0.2) is 4.79 Å². The van der Waals surface area contributed by atoms with Crippen molar-refractivity contribution < 1.29 is 27.5 Å². The monoisotopic (exact) mass is 586 g/mol. The third-order valence-corrected chi connectivity index (χ3v) is 9.25. The Labute approximate surface area is 241 Å². The molecule has 1 aromatic carbocycles. The fourth-order valence-corrected chi connectivity index (χ4v) is 7.64. The van der Waals surface area contributed by atoms with Crippen LogP contribution in [0.15, 0.2) is 30.3 Å². The molecule has 4 aliphatic rings. The number of urea groups is 1. The number of hydrogen-bond donors (Lipinski definition) is 1. The standard InChI is InChI=1S/C29H41F3N4O3.ClH/c1-20(2)36-27(38)34(18-21-11-14-39-15-12-21)19-28(36)16-23-8-9-24(17-28)35(23)13-10-25(22-6-4-3-5-7-22)33-26(37)29(30,31)32;/h3-7,20-21,23-25H,8-19H2,1-2H3,(H,33,37);1H/t23?,24?,25-,28?;/m0./s1. The van der Waals surface area contributed by atoms with E-state index in [0.717, 1.165) is 64.8 Å². The highest BCUT2D eigenvalue weighted by Gasteiger charge is 2.57. The molecule has 1 aromatic rings. The average molecular weight is 587 g/mol. The van der Waals surface area contributed by atoms with Crippen molar-refractivity contribution >= 4 is 24.3 Å². The van der Waals surface area contributed by atoms with E-state index in [1.165, 1.54) is 0 Å². The van der Waals surface area contributed by atoms with Gasteiger partial charge >= 0.3 is 18.1 Å². The summed E-state index contributed by atoms with van der Waals surface area (Å²) in [7, 11) is 0. The summed E-state index contributed by atoms with van der Waals surface area (Å²) >= 11 is 0. The average Bonchev–Trinajstić information content (AvgIpc) is 3.30. The van der Waals surface area contributed by atoms with Gasteiger partial charge in [0.1, 0.15) is 0 Å². The molecule has 0 aromatic heterocycles. The van der Waals surface area contributed by atoms with Crippen LogP contribution < -0.4 is 5.32 Å². The Morgan fingerprint density at radius 3 is 2.27 bits per heavy atom. The number of halogens is 4. The molecule has 0 radical (unpaired) electrons. The number of carbonyl (C=O) groups excluding carboxylic acids is 2. The van der Waals surface area contributed by atoms with E-state index in [1.54, 1.807) is 24.3 Å². The summed E-state index contributed by atoms with van der Waals surface area (Å²) in [5.74, 6) is -1.43. The van der Waals surface area contributed by atoms with Gasteiger partial charge in [-0.2, -0.15) is 13.2 Å². The van der Waals surface area contributed by atoms with Gasteiger partial charge in [0.2, 0.25) is 0 Å². The smallest absolute Gasteiger partial charge is 0.381 e. The highest BCUT2D eigenvalue weighted by molar-refractivity contribution is 5.85. The zero-order chi connectivity index (χ0) is 27.8. The first-order valence-corrected chi connectivity index (χ1v) is 14.4. The quantitative estimate of drug-likeness (QED) is 0.457. The molecule has 40 heavy (non-hydrogen) atoms. The van der Waals surface area contributed by atoms with Gasteiger partial charge in [-0.1, -0.05) is 30.3 Å². The van der Waals surface area contributed by atoms with Crippen LogP contribution in [0.25, 0.3) is 0 Å². The number of nitrogens with zero attached hydrogens (tertiary/aromatic N) is 3. The number of amides is 3. The molecule has 4 fully saturated rings. The summed E-state index contributed by atoms with van der Waals surface area (Å²) in [6, 6.07) is 8.96. The van der Waals surface area contributed by atoms with Gasteiger partial charge in [0.05, 0.1) is 11.6 Å². The lowest BCUT2D eigenvalue weighted by Gasteiger charge is -2.49. The Morgan fingerprint density at radius 2 is 1.70 bits per heavy atom. The van der Waals surface area contributed by atoms with Gasteiger partial charge in [-0.05, 0) is 70.3 Å². The van der Waals surface area contributed by atoms with E-state index in [2.05, 4.69) is 33.9 Å². The third kappa shape index (κ3) is 6.39. The first-order chi connectivity index (χ1) is 18.6. The van der Waals surface area contributed by atoms with Crippen LogP contribution in [0, 0.1) is 5.92 Å². The van der Waals surface area contributed by atoms with Crippen molar-refractivity contribution in [1.29, 1.82) is 0 Å². The fraction of sp³-hybridized carbons (Fsp3) is 0.724. The minimum atomic E-state index is -4.92. The summed E-state index contributed by atoms with van der Waals surface area (Å²) in [5, 5.41) is 2.22. The molecule has 2 bridgehead atoms. The number of alkyl halides is 3. The van der Waals surface area contributed by atoms with Gasteiger partial charge in [0, 0.05) is 51.0 Å².